The van der Waals surface area contributed by atoms with Crippen molar-refractivity contribution in [3.8, 4) is 0 Å². The van der Waals surface area contributed by atoms with Gasteiger partial charge in [-0.15, -0.1) is 24.0 Å². The number of hydrogen-bond acceptors (Lipinski definition) is 3. The summed E-state index contributed by atoms with van der Waals surface area (Å²) >= 11 is 0. The number of carbonyl (C=O) groups is 1. The molecule has 0 bridgehead atoms. The fourth-order valence-electron chi connectivity index (χ4n) is 4.24. The Balaban J connectivity index is 0.00000289. The van der Waals surface area contributed by atoms with Gasteiger partial charge in [-0.1, -0.05) is 30.3 Å². The summed E-state index contributed by atoms with van der Waals surface area (Å²) in [5, 5.41) is 6.34. The molecule has 172 valence electrons. The number of nitrogens with one attached hydrogen (secondary N) is 2. The molecule has 0 radical (unpaired) electrons. The highest BCUT2D eigenvalue weighted by Gasteiger charge is 2.27. The van der Waals surface area contributed by atoms with Crippen molar-refractivity contribution in [1.29, 1.82) is 0 Å². The first-order valence-electron chi connectivity index (χ1n) is 10.6. The molecule has 2 aromatic carbocycles. The van der Waals surface area contributed by atoms with E-state index in [1.165, 1.54) is 29.3 Å². The van der Waals surface area contributed by atoms with Crippen molar-refractivity contribution < 1.29 is 13.6 Å². The van der Waals surface area contributed by atoms with Gasteiger partial charge in [0.25, 0.3) is 0 Å². The Kier molecular flexibility index (Phi) is 8.27. The number of para-hydroxylation sites is 1. The van der Waals surface area contributed by atoms with Crippen LogP contribution >= 0.6 is 24.0 Å². The second-order valence-electron chi connectivity index (χ2n) is 7.91. The number of amides is 1. The third kappa shape index (κ3) is 5.48. The average molecular weight is 555 g/mol. The molecule has 32 heavy (non-hydrogen) atoms. The molecule has 2 N–H and O–H groups in total. The van der Waals surface area contributed by atoms with E-state index in [0.717, 1.165) is 6.42 Å². The summed E-state index contributed by atoms with van der Waals surface area (Å²) in [7, 11) is 1.64. The van der Waals surface area contributed by atoms with E-state index in [2.05, 4.69) is 27.8 Å². The number of fused-ring (bicyclic) bond motifs is 1. The minimum Gasteiger partial charge on any atom is -0.365 e. The third-order valence-electron chi connectivity index (χ3n) is 5.90. The molecule has 0 saturated carbocycles. The van der Waals surface area contributed by atoms with Gasteiger partial charge in [0.05, 0.1) is 6.54 Å². The van der Waals surface area contributed by atoms with E-state index in [1.54, 1.807) is 11.9 Å². The van der Waals surface area contributed by atoms with Crippen LogP contribution in [-0.2, 0) is 17.8 Å². The van der Waals surface area contributed by atoms with Gasteiger partial charge in [0.1, 0.15) is 17.3 Å². The molecule has 1 saturated heterocycles. The molecule has 4 rings (SSSR count). The van der Waals surface area contributed by atoms with Gasteiger partial charge in [-0.05, 0) is 36.1 Å². The van der Waals surface area contributed by atoms with Crippen LogP contribution in [0.4, 0.5) is 14.5 Å². The number of anilines is 1. The Morgan fingerprint density at radius 1 is 1.09 bits per heavy atom. The zero-order valence-corrected chi connectivity index (χ0v) is 20.3. The molecule has 0 spiro atoms. The van der Waals surface area contributed by atoms with Gasteiger partial charge in [-0.2, -0.15) is 0 Å². The van der Waals surface area contributed by atoms with E-state index in [1.807, 2.05) is 17.0 Å². The average Bonchev–Trinajstić information content (AvgIpc) is 3.23. The van der Waals surface area contributed by atoms with Gasteiger partial charge in [0, 0.05) is 39.3 Å². The van der Waals surface area contributed by atoms with Gasteiger partial charge in [-0.3, -0.25) is 9.79 Å². The van der Waals surface area contributed by atoms with E-state index < -0.39 is 11.6 Å². The fourth-order valence-corrected chi connectivity index (χ4v) is 4.24. The molecular weight excluding hydrogens is 527 g/mol. The Morgan fingerprint density at radius 2 is 1.81 bits per heavy atom. The van der Waals surface area contributed by atoms with Crippen LogP contribution in [0.15, 0.2) is 47.5 Å². The van der Waals surface area contributed by atoms with Crippen molar-refractivity contribution in [3.05, 3.63) is 65.2 Å². The van der Waals surface area contributed by atoms with Crippen LogP contribution in [0.1, 0.15) is 17.5 Å². The molecule has 1 fully saturated rings. The van der Waals surface area contributed by atoms with Crippen molar-refractivity contribution in [2.45, 2.75) is 25.4 Å². The minimum absolute atomic E-state index is 0. The van der Waals surface area contributed by atoms with Crippen LogP contribution in [0.3, 0.4) is 0 Å². The first-order valence-corrected chi connectivity index (χ1v) is 10.6. The van der Waals surface area contributed by atoms with E-state index in [0.29, 0.717) is 38.6 Å². The number of guanidine groups is 1. The maximum absolute atomic E-state index is 14.1. The minimum atomic E-state index is -0.558. The van der Waals surface area contributed by atoms with Gasteiger partial charge in [0.15, 0.2) is 5.96 Å². The lowest BCUT2D eigenvalue weighted by Gasteiger charge is -2.29. The number of carbonyl (C=O) groups excluding carboxylic acids is 1. The van der Waals surface area contributed by atoms with E-state index in [-0.39, 0.29) is 48.2 Å². The number of benzene rings is 2. The molecule has 2 aromatic rings. The maximum Gasteiger partial charge on any atom is 0.242 e. The third-order valence-corrected chi connectivity index (χ3v) is 5.90. The van der Waals surface area contributed by atoms with Gasteiger partial charge >= 0.3 is 0 Å². The lowest BCUT2D eigenvalue weighted by molar-refractivity contribution is -0.130. The summed E-state index contributed by atoms with van der Waals surface area (Å²) in [6.07, 6.45) is 1.57. The van der Waals surface area contributed by atoms with Crippen LogP contribution in [0, 0.1) is 11.6 Å². The molecule has 9 heteroatoms. The number of aliphatic imine (C=N–C) groups is 1. The summed E-state index contributed by atoms with van der Waals surface area (Å²) < 4.78 is 28.1. The smallest absolute Gasteiger partial charge is 0.242 e. The number of hydrogen-bond donors (Lipinski definition) is 2. The zero-order valence-electron chi connectivity index (χ0n) is 18.0. The van der Waals surface area contributed by atoms with E-state index in [4.69, 9.17) is 0 Å². The van der Waals surface area contributed by atoms with Crippen molar-refractivity contribution in [2.24, 2.45) is 4.99 Å². The summed E-state index contributed by atoms with van der Waals surface area (Å²) in [4.78, 5) is 20.4. The zero-order chi connectivity index (χ0) is 21.8. The normalized spacial score (nSPS) is 18.1. The molecule has 2 heterocycles. The highest BCUT2D eigenvalue weighted by atomic mass is 127. The van der Waals surface area contributed by atoms with Crippen LogP contribution in [0.25, 0.3) is 0 Å². The van der Waals surface area contributed by atoms with Crippen LogP contribution in [0.2, 0.25) is 0 Å². The Morgan fingerprint density at radius 3 is 2.53 bits per heavy atom. The van der Waals surface area contributed by atoms with Crippen molar-refractivity contribution in [1.82, 2.24) is 15.5 Å². The lowest BCUT2D eigenvalue weighted by atomic mass is 10.00. The summed E-state index contributed by atoms with van der Waals surface area (Å²) in [5.41, 5.74) is 2.50. The van der Waals surface area contributed by atoms with Crippen LogP contribution in [-0.4, -0.2) is 56.0 Å². The molecule has 6 nitrogen and oxygen atoms in total. The van der Waals surface area contributed by atoms with Crippen molar-refractivity contribution in [2.75, 3.05) is 38.1 Å². The Labute approximate surface area is 204 Å². The fraction of sp³-hybridized carbons (Fsp3) is 0.391. The van der Waals surface area contributed by atoms with Gasteiger partial charge < -0.3 is 20.4 Å². The first-order chi connectivity index (χ1) is 15.0. The molecule has 0 aliphatic carbocycles. The molecule has 1 amide bonds. The number of nitrogens with zero attached hydrogens (tertiary/aromatic N) is 3. The predicted octanol–water partition coefficient (Wildman–Crippen LogP) is 2.91. The SMILES string of the molecule is CN=C(NCC(=O)N1CCc2ccccc2C1)NC1CCN(c2c(F)cccc2F)C1.I. The highest BCUT2D eigenvalue weighted by Crippen LogP contribution is 2.26. The molecule has 0 aromatic heterocycles. The summed E-state index contributed by atoms with van der Waals surface area (Å²) in [5.74, 6) is -0.598. The molecule has 1 unspecified atom stereocenters. The van der Waals surface area contributed by atoms with E-state index in [9.17, 15) is 13.6 Å². The standard InChI is InChI=1S/C23H27F2N5O.HI/c1-26-23(27-13-21(31)29-11-9-16-5-2-3-6-17(16)14-29)28-18-10-12-30(15-18)22-19(24)7-4-8-20(22)25;/h2-8,18H,9-15H2,1H3,(H2,26,27,28);1H. The largest absolute Gasteiger partial charge is 0.365 e. The second-order valence-corrected chi connectivity index (χ2v) is 7.91. The monoisotopic (exact) mass is 555 g/mol. The molecule has 1 atom stereocenters. The molecule has 2 aliphatic heterocycles. The Hall–Kier alpha value is -2.43. The highest BCUT2D eigenvalue weighted by molar-refractivity contribution is 14.0. The van der Waals surface area contributed by atoms with Gasteiger partial charge in [-0.25, -0.2) is 8.78 Å². The van der Waals surface area contributed by atoms with Crippen LogP contribution in [0.5, 0.6) is 0 Å². The summed E-state index contributed by atoms with van der Waals surface area (Å²) in [6.45, 7) is 2.46. The number of halogens is 3. The van der Waals surface area contributed by atoms with Crippen molar-refractivity contribution >= 4 is 41.5 Å². The maximum atomic E-state index is 14.1. The number of rotatable bonds is 4. The first kappa shape index (κ1) is 24.2. The topological polar surface area (TPSA) is 60.0 Å². The molecule has 2 aliphatic rings. The van der Waals surface area contributed by atoms with E-state index >= 15 is 0 Å². The van der Waals surface area contributed by atoms with Gasteiger partial charge in [0.2, 0.25) is 5.91 Å². The quantitative estimate of drug-likeness (QED) is 0.346. The predicted molar refractivity (Wildman–Crippen MR) is 132 cm³/mol. The Bertz CT molecular complexity index is 966. The van der Waals surface area contributed by atoms with Crippen LogP contribution < -0.4 is 15.5 Å². The lowest BCUT2D eigenvalue weighted by Crippen LogP contribution is -2.49. The van der Waals surface area contributed by atoms with Crippen molar-refractivity contribution in [3.63, 3.8) is 0 Å². The molecular formula is C23H28F2IN5O. The second kappa shape index (κ2) is 10.9. The summed E-state index contributed by atoms with van der Waals surface area (Å²) in [6, 6.07) is 12.1.